The van der Waals surface area contributed by atoms with Gasteiger partial charge in [-0.25, -0.2) is 8.42 Å². The van der Waals surface area contributed by atoms with Crippen LogP contribution in [0, 0.1) is 5.92 Å². The zero-order valence-corrected chi connectivity index (χ0v) is 16.0. The molecule has 1 heterocycles. The number of carbonyl (C=O) groups excluding carboxylic acids is 2. The van der Waals surface area contributed by atoms with Crippen LogP contribution in [0.3, 0.4) is 0 Å². The van der Waals surface area contributed by atoms with Crippen molar-refractivity contribution in [2.75, 3.05) is 33.4 Å². The van der Waals surface area contributed by atoms with Gasteiger partial charge in [0.25, 0.3) is 5.91 Å². The number of methoxy groups -OCH3 is 1. The summed E-state index contributed by atoms with van der Waals surface area (Å²) in [6.45, 7) is 3.87. The smallest absolute Gasteiger partial charge is 0.309 e. The van der Waals surface area contributed by atoms with Crippen molar-refractivity contribution in [3.63, 3.8) is 0 Å². The minimum atomic E-state index is -3.62. The molecular formula is C18H24N2O6S. The molecule has 2 rings (SSSR count). The SMILES string of the molecule is C=CCNC(=O)COC(=O)C1CCN(S(=O)(=O)c2ccc(OC)cc2)CC1. The second-order valence-electron chi connectivity index (χ2n) is 6.05. The molecule has 8 nitrogen and oxygen atoms in total. The number of amides is 1. The number of esters is 1. The number of piperidine rings is 1. The van der Waals surface area contributed by atoms with Crippen LogP contribution in [-0.4, -0.2) is 58.0 Å². The van der Waals surface area contributed by atoms with Gasteiger partial charge in [0.05, 0.1) is 17.9 Å². The lowest BCUT2D eigenvalue weighted by molar-refractivity contribution is -0.153. The number of rotatable bonds is 8. The molecule has 0 aliphatic carbocycles. The van der Waals surface area contributed by atoms with E-state index in [1.54, 1.807) is 12.1 Å². The molecule has 0 radical (unpaired) electrons. The van der Waals surface area contributed by atoms with Crippen LogP contribution in [0.1, 0.15) is 12.8 Å². The maximum Gasteiger partial charge on any atom is 0.309 e. The fraction of sp³-hybridized carbons (Fsp3) is 0.444. The molecule has 1 N–H and O–H groups in total. The van der Waals surface area contributed by atoms with E-state index in [1.807, 2.05) is 0 Å². The molecule has 9 heteroatoms. The summed E-state index contributed by atoms with van der Waals surface area (Å²) < 4.78 is 36.8. The number of carbonyl (C=O) groups is 2. The lowest BCUT2D eigenvalue weighted by atomic mass is 9.98. The first kappa shape index (κ1) is 20.9. The normalized spacial score (nSPS) is 15.7. The Labute approximate surface area is 159 Å². The Hall–Kier alpha value is -2.39. The van der Waals surface area contributed by atoms with Crippen LogP contribution in [-0.2, 0) is 24.3 Å². The van der Waals surface area contributed by atoms with Crippen LogP contribution in [0.2, 0.25) is 0 Å². The van der Waals surface area contributed by atoms with Crippen molar-refractivity contribution in [1.82, 2.24) is 9.62 Å². The van der Waals surface area contributed by atoms with Gasteiger partial charge >= 0.3 is 5.97 Å². The first-order valence-electron chi connectivity index (χ1n) is 8.57. The maximum atomic E-state index is 12.7. The van der Waals surface area contributed by atoms with Gasteiger partial charge in [0.1, 0.15) is 5.75 Å². The highest BCUT2D eigenvalue weighted by Crippen LogP contribution is 2.25. The fourth-order valence-corrected chi connectivity index (χ4v) is 4.19. The molecule has 1 aliphatic heterocycles. The van der Waals surface area contributed by atoms with Gasteiger partial charge in [0, 0.05) is 19.6 Å². The number of nitrogens with one attached hydrogen (secondary N) is 1. The Bertz CT molecular complexity index is 768. The molecule has 1 fully saturated rings. The minimum absolute atomic E-state index is 0.184. The minimum Gasteiger partial charge on any atom is -0.497 e. The van der Waals surface area contributed by atoms with E-state index in [0.29, 0.717) is 25.1 Å². The Morgan fingerprint density at radius 2 is 1.89 bits per heavy atom. The van der Waals surface area contributed by atoms with Crippen LogP contribution < -0.4 is 10.1 Å². The highest BCUT2D eigenvalue weighted by Gasteiger charge is 2.33. The predicted molar refractivity (Wildman–Crippen MR) is 98.6 cm³/mol. The number of benzene rings is 1. The number of hydrogen-bond acceptors (Lipinski definition) is 6. The zero-order chi connectivity index (χ0) is 19.9. The number of nitrogens with zero attached hydrogens (tertiary/aromatic N) is 1. The van der Waals surface area contributed by atoms with E-state index in [4.69, 9.17) is 9.47 Å². The molecule has 0 bridgehead atoms. The predicted octanol–water partition coefficient (Wildman–Crippen LogP) is 0.941. The topological polar surface area (TPSA) is 102 Å². The molecule has 148 valence electrons. The summed E-state index contributed by atoms with van der Waals surface area (Å²) in [4.78, 5) is 23.7. The van der Waals surface area contributed by atoms with Gasteiger partial charge in [-0.2, -0.15) is 4.31 Å². The molecular weight excluding hydrogens is 372 g/mol. The Morgan fingerprint density at radius 1 is 1.26 bits per heavy atom. The quantitative estimate of drug-likeness (QED) is 0.518. The molecule has 0 saturated carbocycles. The number of sulfonamides is 1. The van der Waals surface area contributed by atoms with Crippen molar-refractivity contribution in [3.8, 4) is 5.75 Å². The summed E-state index contributed by atoms with van der Waals surface area (Å²) in [6, 6.07) is 6.18. The Balaban J connectivity index is 1.87. The number of ether oxygens (including phenoxy) is 2. The van der Waals surface area contributed by atoms with E-state index in [2.05, 4.69) is 11.9 Å². The van der Waals surface area contributed by atoms with Gasteiger partial charge in [-0.3, -0.25) is 9.59 Å². The van der Waals surface area contributed by atoms with Gasteiger partial charge in [0.2, 0.25) is 10.0 Å². The summed E-state index contributed by atoms with van der Waals surface area (Å²) in [6.07, 6.45) is 2.23. The van der Waals surface area contributed by atoms with Gasteiger partial charge in [-0.1, -0.05) is 6.08 Å². The zero-order valence-electron chi connectivity index (χ0n) is 15.2. The molecule has 1 amide bonds. The second-order valence-corrected chi connectivity index (χ2v) is 7.99. The molecule has 0 atom stereocenters. The first-order valence-corrected chi connectivity index (χ1v) is 10.0. The summed E-state index contributed by atoms with van der Waals surface area (Å²) in [7, 11) is -2.11. The lowest BCUT2D eigenvalue weighted by Crippen LogP contribution is -2.41. The summed E-state index contributed by atoms with van der Waals surface area (Å²) in [5.74, 6) is -0.722. The summed E-state index contributed by atoms with van der Waals surface area (Å²) in [5, 5.41) is 2.51. The van der Waals surface area contributed by atoms with Crippen molar-refractivity contribution in [2.45, 2.75) is 17.7 Å². The van der Waals surface area contributed by atoms with Gasteiger partial charge in [-0.05, 0) is 37.1 Å². The van der Waals surface area contributed by atoms with Crippen LogP contribution in [0.15, 0.2) is 41.8 Å². The van der Waals surface area contributed by atoms with Crippen molar-refractivity contribution in [2.24, 2.45) is 5.92 Å². The van der Waals surface area contributed by atoms with Gasteiger partial charge in [-0.15, -0.1) is 6.58 Å². The van der Waals surface area contributed by atoms with Gasteiger partial charge in [0.15, 0.2) is 6.61 Å². The molecule has 1 aliphatic rings. The molecule has 1 aromatic carbocycles. The number of hydrogen-bond donors (Lipinski definition) is 1. The van der Waals surface area contributed by atoms with Gasteiger partial charge < -0.3 is 14.8 Å². The standard InChI is InChI=1S/C18H24N2O6S/c1-3-10-19-17(21)13-26-18(22)14-8-11-20(12-9-14)27(23,24)16-6-4-15(25-2)5-7-16/h3-7,14H,1,8-13H2,2H3,(H,19,21). The van der Waals surface area contributed by atoms with Crippen molar-refractivity contribution < 1.29 is 27.5 Å². The molecule has 0 aromatic heterocycles. The van der Waals surface area contributed by atoms with E-state index >= 15 is 0 Å². The Kier molecular flexibility index (Phi) is 7.37. The summed E-state index contributed by atoms with van der Waals surface area (Å²) >= 11 is 0. The molecule has 27 heavy (non-hydrogen) atoms. The maximum absolute atomic E-state index is 12.7. The second kappa shape index (κ2) is 9.52. The van der Waals surface area contributed by atoms with Crippen LogP contribution in [0.25, 0.3) is 0 Å². The summed E-state index contributed by atoms with van der Waals surface area (Å²) in [5.41, 5.74) is 0. The third-order valence-corrected chi connectivity index (χ3v) is 6.19. The average Bonchev–Trinajstić information content (AvgIpc) is 2.70. The van der Waals surface area contributed by atoms with Crippen LogP contribution in [0.5, 0.6) is 5.75 Å². The highest BCUT2D eigenvalue weighted by atomic mass is 32.2. The van der Waals surface area contributed by atoms with E-state index in [1.165, 1.54) is 29.6 Å². The van der Waals surface area contributed by atoms with Crippen molar-refractivity contribution in [1.29, 1.82) is 0 Å². The van der Waals surface area contributed by atoms with Crippen molar-refractivity contribution in [3.05, 3.63) is 36.9 Å². The molecule has 0 unspecified atom stereocenters. The third-order valence-electron chi connectivity index (χ3n) is 4.27. The third kappa shape index (κ3) is 5.54. The Morgan fingerprint density at radius 3 is 2.44 bits per heavy atom. The largest absolute Gasteiger partial charge is 0.497 e. The van der Waals surface area contributed by atoms with E-state index in [-0.39, 0.29) is 24.6 Å². The molecule has 1 aromatic rings. The monoisotopic (exact) mass is 396 g/mol. The van der Waals surface area contributed by atoms with Crippen LogP contribution in [0.4, 0.5) is 0 Å². The van der Waals surface area contributed by atoms with E-state index < -0.39 is 27.8 Å². The highest BCUT2D eigenvalue weighted by molar-refractivity contribution is 7.89. The molecule has 1 saturated heterocycles. The van der Waals surface area contributed by atoms with Crippen LogP contribution >= 0.6 is 0 Å². The molecule has 0 spiro atoms. The first-order chi connectivity index (χ1) is 12.9. The lowest BCUT2D eigenvalue weighted by Gasteiger charge is -2.30. The average molecular weight is 396 g/mol. The van der Waals surface area contributed by atoms with Crippen molar-refractivity contribution >= 4 is 21.9 Å². The van der Waals surface area contributed by atoms with E-state index in [0.717, 1.165) is 0 Å². The van der Waals surface area contributed by atoms with E-state index in [9.17, 15) is 18.0 Å². The fourth-order valence-electron chi connectivity index (χ4n) is 2.72.